The van der Waals surface area contributed by atoms with E-state index in [1.54, 1.807) is 11.7 Å². The molecule has 12 heavy (non-hydrogen) atoms. The number of nitrogens with one attached hydrogen (secondary N) is 1. The summed E-state index contributed by atoms with van der Waals surface area (Å²) < 4.78 is 9.19. The van der Waals surface area contributed by atoms with E-state index in [1.807, 2.05) is 0 Å². The fourth-order valence-corrected chi connectivity index (χ4v) is 2.42. The summed E-state index contributed by atoms with van der Waals surface area (Å²) in [6, 6.07) is 0. The van der Waals surface area contributed by atoms with Gasteiger partial charge in [-0.25, -0.2) is 4.68 Å². The molecule has 0 aromatic carbocycles. The molecule has 0 fully saturated rings. The number of aromatic nitrogens is 4. The van der Waals surface area contributed by atoms with Crippen molar-refractivity contribution >= 4 is 20.7 Å². The molecule has 1 atom stereocenters. The molecule has 1 aromatic heterocycles. The number of rotatable bonds is 2. The van der Waals surface area contributed by atoms with Crippen molar-refractivity contribution in [3.8, 4) is 0 Å². The molecule has 2 rings (SSSR count). The van der Waals surface area contributed by atoms with Crippen molar-refractivity contribution in [1.82, 2.24) is 25.7 Å². The highest BCUT2D eigenvalue weighted by atomic mass is 33.1. The summed E-state index contributed by atoms with van der Waals surface area (Å²) >= 11 is 0. The zero-order chi connectivity index (χ0) is 8.39. The van der Waals surface area contributed by atoms with Crippen molar-refractivity contribution in [3.63, 3.8) is 0 Å². The van der Waals surface area contributed by atoms with Crippen LogP contribution in [0.4, 0.5) is 0 Å². The van der Waals surface area contributed by atoms with Crippen molar-refractivity contribution in [3.05, 3.63) is 0 Å². The van der Waals surface area contributed by atoms with Crippen molar-refractivity contribution < 1.29 is 0 Å². The summed E-state index contributed by atoms with van der Waals surface area (Å²) in [5.41, 5.74) is 2.40. The third-order valence-electron chi connectivity index (χ3n) is 1.00. The number of tetrazole rings is 1. The van der Waals surface area contributed by atoms with Gasteiger partial charge in [0.05, 0.1) is 0 Å². The Bertz CT molecular complexity index is 339. The summed E-state index contributed by atoms with van der Waals surface area (Å²) in [6.45, 7) is 0. The first-order valence-electron chi connectivity index (χ1n) is 2.88. The molecule has 0 spiro atoms. The zero-order valence-corrected chi connectivity index (χ0v) is 7.58. The van der Waals surface area contributed by atoms with Crippen molar-refractivity contribution in [2.75, 3.05) is 0 Å². The fraction of sp³-hybridized carbons (Fsp3) is 0.500. The Morgan fingerprint density at radius 1 is 1.58 bits per heavy atom. The second kappa shape index (κ2) is 3.15. The van der Waals surface area contributed by atoms with Crippen LogP contribution in [0.1, 0.15) is 0 Å². The Labute approximate surface area is 73.4 Å². The maximum atomic E-state index is 3.85. The quantitative estimate of drug-likeness (QED) is 0.674. The number of hydrogen-bond donors (Lipinski definition) is 1. The summed E-state index contributed by atoms with van der Waals surface area (Å²) in [4.78, 5) is 0. The Morgan fingerprint density at radius 2 is 2.50 bits per heavy atom. The molecule has 1 N–H and O–H groups in total. The Hall–Kier alpha value is -1.03. The van der Waals surface area contributed by atoms with Crippen molar-refractivity contribution in [1.29, 1.82) is 0 Å². The monoisotopic (exact) mass is 204 g/mol. The molecule has 64 valence electrons. The second-order valence-corrected chi connectivity index (χ2v) is 4.51. The summed E-state index contributed by atoms with van der Waals surface area (Å²) in [7, 11) is 2.56. The topological polar surface area (TPSA) is 92.7 Å². The lowest BCUT2D eigenvalue weighted by Crippen LogP contribution is -1.93. The Kier molecular flexibility index (Phi) is 1.99. The number of aryl methyl sites for hydroxylation is 1. The molecule has 0 saturated carbocycles. The van der Waals surface area contributed by atoms with E-state index in [2.05, 4.69) is 35.3 Å². The van der Waals surface area contributed by atoms with Gasteiger partial charge in [-0.05, 0) is 15.7 Å². The van der Waals surface area contributed by atoms with Gasteiger partial charge in [0.1, 0.15) is 9.91 Å². The number of hydrogen-bond acceptors (Lipinski definition) is 8. The van der Waals surface area contributed by atoms with Gasteiger partial charge in [-0.2, -0.15) is 5.53 Å². The predicted molar refractivity (Wildman–Crippen MR) is 42.4 cm³/mol. The van der Waals surface area contributed by atoms with Crippen LogP contribution >= 0.6 is 10.8 Å². The average Bonchev–Trinajstić information content (AvgIpc) is 2.65. The predicted octanol–water partition coefficient (Wildman–Crippen LogP) is -0.181. The van der Waals surface area contributed by atoms with Gasteiger partial charge in [0, 0.05) is 17.8 Å². The smallest absolute Gasteiger partial charge is 0.222 e. The third-order valence-corrected chi connectivity index (χ3v) is 3.43. The molecule has 0 radical (unpaired) electrons. The van der Waals surface area contributed by atoms with Gasteiger partial charge in [-0.3, -0.25) is 0 Å². The molecule has 0 saturated heterocycles. The van der Waals surface area contributed by atoms with Gasteiger partial charge < -0.3 is 0 Å². The van der Waals surface area contributed by atoms with Crippen LogP contribution in [0.3, 0.4) is 0 Å². The molecule has 1 aliphatic rings. The van der Waals surface area contributed by atoms with Crippen LogP contribution in [0.25, 0.3) is 0 Å². The van der Waals surface area contributed by atoms with Crippen LogP contribution in [0.2, 0.25) is 0 Å². The molecule has 1 aromatic rings. The third kappa shape index (κ3) is 1.43. The second-order valence-electron chi connectivity index (χ2n) is 1.77. The Morgan fingerprint density at radius 3 is 3.08 bits per heavy atom. The molecule has 1 aliphatic heterocycles. The maximum absolute atomic E-state index is 3.85. The molecule has 0 aliphatic carbocycles. The molecule has 8 nitrogen and oxygen atoms in total. The van der Waals surface area contributed by atoms with Gasteiger partial charge >= 0.3 is 0 Å². The molecule has 0 amide bonds. The minimum Gasteiger partial charge on any atom is -0.223 e. The largest absolute Gasteiger partial charge is 0.223 e. The highest BCUT2D eigenvalue weighted by molar-refractivity contribution is 8.69. The minimum absolute atomic E-state index is 0.541. The zero-order valence-electron chi connectivity index (χ0n) is 5.95. The fourth-order valence-electron chi connectivity index (χ4n) is 0.518. The van der Waals surface area contributed by atoms with E-state index in [4.69, 9.17) is 0 Å². The van der Waals surface area contributed by atoms with Crippen molar-refractivity contribution in [2.24, 2.45) is 21.3 Å². The molecule has 0 bridgehead atoms. The van der Waals surface area contributed by atoms with E-state index < -0.39 is 9.91 Å². The lowest BCUT2D eigenvalue weighted by molar-refractivity contribution is 0.666. The molecule has 2 heterocycles. The van der Waals surface area contributed by atoms with Crippen LogP contribution in [-0.4, -0.2) is 20.2 Å². The summed E-state index contributed by atoms with van der Waals surface area (Å²) in [6.07, 6.45) is 0. The van der Waals surface area contributed by atoms with Gasteiger partial charge in [-0.1, -0.05) is 8.99 Å². The summed E-state index contributed by atoms with van der Waals surface area (Å²) in [5, 5.41) is 15.1. The molecular formula is C2H4N8S2. The average molecular weight is 204 g/mol. The van der Waals surface area contributed by atoms with Crippen LogP contribution in [-0.2, 0) is 17.0 Å². The highest BCUT2D eigenvalue weighted by Gasteiger charge is 2.09. The first-order chi connectivity index (χ1) is 5.86. The van der Waals surface area contributed by atoms with E-state index in [9.17, 15) is 0 Å². The minimum atomic E-state index is -0.541. The van der Waals surface area contributed by atoms with E-state index in [0.29, 0.717) is 5.16 Å². The normalized spacial score (nSPS) is 20.6. The van der Waals surface area contributed by atoms with E-state index >= 15 is 0 Å². The molecule has 1 unspecified atom stereocenters. The van der Waals surface area contributed by atoms with Crippen LogP contribution < -0.4 is 5.53 Å². The first-order valence-corrected chi connectivity index (χ1v) is 5.35. The van der Waals surface area contributed by atoms with Gasteiger partial charge in [0.25, 0.3) is 0 Å². The molecule has 10 heteroatoms. The van der Waals surface area contributed by atoms with Crippen molar-refractivity contribution in [2.45, 2.75) is 5.16 Å². The lowest BCUT2D eigenvalue weighted by atomic mass is 11.2. The lowest BCUT2D eigenvalue weighted by Gasteiger charge is -1.92. The van der Waals surface area contributed by atoms with Gasteiger partial charge in [0.2, 0.25) is 5.16 Å². The van der Waals surface area contributed by atoms with E-state index in [1.165, 1.54) is 10.8 Å². The van der Waals surface area contributed by atoms with Gasteiger partial charge in [-0.15, -0.1) is 5.10 Å². The number of nitrogens with zero attached hydrogens (tertiary/aromatic N) is 7. The summed E-state index contributed by atoms with van der Waals surface area (Å²) in [5.74, 6) is 0. The SMILES string of the molecule is Cn1nnnc1SS1=NNN=N1. The van der Waals surface area contributed by atoms with Gasteiger partial charge in [0.15, 0.2) is 0 Å². The van der Waals surface area contributed by atoms with Crippen LogP contribution in [0.5, 0.6) is 0 Å². The van der Waals surface area contributed by atoms with E-state index in [-0.39, 0.29) is 0 Å². The van der Waals surface area contributed by atoms with Crippen LogP contribution in [0.15, 0.2) is 19.4 Å². The first kappa shape index (κ1) is 7.61. The molecular weight excluding hydrogens is 200 g/mol. The maximum Gasteiger partial charge on any atom is 0.222 e. The highest BCUT2D eigenvalue weighted by Crippen LogP contribution is 2.21. The van der Waals surface area contributed by atoms with Crippen LogP contribution in [0, 0.1) is 0 Å². The van der Waals surface area contributed by atoms with E-state index in [0.717, 1.165) is 0 Å². The Balaban J connectivity index is 2.13. The standard InChI is InChI=1S/C2H4N8S2/c1-10-2(3-4-7-10)11-12-8-5-6-9-12/h1H3,(H,5,6,8,9).